The summed E-state index contributed by atoms with van der Waals surface area (Å²) in [5.41, 5.74) is 1.41. The second kappa shape index (κ2) is 7.47. The number of rotatable bonds is 8. The fourth-order valence-corrected chi connectivity index (χ4v) is 2.74. The van der Waals surface area contributed by atoms with Gasteiger partial charge in [0.1, 0.15) is 0 Å². The molecule has 0 aromatic heterocycles. The molecule has 0 saturated heterocycles. The van der Waals surface area contributed by atoms with E-state index in [0.717, 1.165) is 18.7 Å². The molecule has 6 nitrogen and oxygen atoms in total. The maximum Gasteiger partial charge on any atom is 0.301 e. The van der Waals surface area contributed by atoms with Crippen LogP contribution >= 0.6 is 0 Å². The van der Waals surface area contributed by atoms with Crippen LogP contribution in [0.4, 0.5) is 11.4 Å². The second-order valence-electron chi connectivity index (χ2n) is 4.80. The van der Waals surface area contributed by atoms with Crippen LogP contribution in [0.15, 0.2) is 24.3 Å². The molecule has 1 rings (SSSR count). The van der Waals surface area contributed by atoms with E-state index in [9.17, 15) is 8.42 Å². The molecule has 0 aliphatic rings. The minimum atomic E-state index is -3.52. The number of anilines is 2. The molecule has 0 spiro atoms. The third-order valence-electron chi connectivity index (χ3n) is 2.93. The molecule has 20 heavy (non-hydrogen) atoms. The van der Waals surface area contributed by atoms with E-state index in [-0.39, 0.29) is 0 Å². The van der Waals surface area contributed by atoms with E-state index in [1.807, 2.05) is 44.2 Å². The summed E-state index contributed by atoms with van der Waals surface area (Å²) >= 11 is 0. The van der Waals surface area contributed by atoms with Crippen molar-refractivity contribution in [2.75, 3.05) is 50.9 Å². The molecule has 1 aromatic rings. The SMILES string of the molecule is CNCCCN(C)S(=O)(=O)Nc1ccccc1N(C)C. The molecule has 0 heterocycles. The van der Waals surface area contributed by atoms with Crippen molar-refractivity contribution in [3.8, 4) is 0 Å². The van der Waals surface area contributed by atoms with Gasteiger partial charge in [0.05, 0.1) is 11.4 Å². The number of para-hydroxylation sites is 2. The molecule has 0 fully saturated rings. The van der Waals surface area contributed by atoms with Crippen molar-refractivity contribution < 1.29 is 8.42 Å². The Labute approximate surface area is 122 Å². The summed E-state index contributed by atoms with van der Waals surface area (Å²) in [4.78, 5) is 1.87. The number of nitrogens with one attached hydrogen (secondary N) is 2. The number of hydrogen-bond donors (Lipinski definition) is 2. The summed E-state index contributed by atoms with van der Waals surface area (Å²) in [7, 11) is 3.66. The lowest BCUT2D eigenvalue weighted by Crippen LogP contribution is -2.34. The lowest BCUT2D eigenvalue weighted by molar-refractivity contribution is 0.462. The topological polar surface area (TPSA) is 64.7 Å². The van der Waals surface area contributed by atoms with E-state index < -0.39 is 10.2 Å². The van der Waals surface area contributed by atoms with Crippen LogP contribution in [-0.2, 0) is 10.2 Å². The Kier molecular flexibility index (Phi) is 6.25. The molecule has 0 bridgehead atoms. The maximum absolute atomic E-state index is 12.2. The van der Waals surface area contributed by atoms with Gasteiger partial charge in [0.25, 0.3) is 0 Å². The minimum absolute atomic E-state index is 0.473. The fourth-order valence-electron chi connectivity index (χ4n) is 1.77. The van der Waals surface area contributed by atoms with Gasteiger partial charge in [0.15, 0.2) is 0 Å². The van der Waals surface area contributed by atoms with Gasteiger partial charge in [0.2, 0.25) is 0 Å². The smallest absolute Gasteiger partial charge is 0.301 e. The summed E-state index contributed by atoms with van der Waals surface area (Å²) in [6.45, 7) is 1.26. The molecule has 7 heteroatoms. The lowest BCUT2D eigenvalue weighted by atomic mass is 10.2. The molecular formula is C13H24N4O2S. The van der Waals surface area contributed by atoms with E-state index >= 15 is 0 Å². The van der Waals surface area contributed by atoms with E-state index in [1.165, 1.54) is 4.31 Å². The normalized spacial score (nSPS) is 11.7. The molecule has 2 N–H and O–H groups in total. The minimum Gasteiger partial charge on any atom is -0.376 e. The summed E-state index contributed by atoms with van der Waals surface area (Å²) in [5.74, 6) is 0. The average molecular weight is 300 g/mol. The summed E-state index contributed by atoms with van der Waals surface area (Å²) < 4.78 is 28.5. The van der Waals surface area contributed by atoms with Crippen molar-refractivity contribution in [3.63, 3.8) is 0 Å². The predicted molar refractivity (Wildman–Crippen MR) is 84.5 cm³/mol. The van der Waals surface area contributed by atoms with Gasteiger partial charge in [-0.05, 0) is 32.1 Å². The fraction of sp³-hybridized carbons (Fsp3) is 0.538. The zero-order valence-corrected chi connectivity index (χ0v) is 13.4. The summed E-state index contributed by atoms with van der Waals surface area (Å²) in [6.07, 6.45) is 0.767. The maximum atomic E-state index is 12.2. The van der Waals surface area contributed by atoms with Gasteiger partial charge < -0.3 is 10.2 Å². The van der Waals surface area contributed by atoms with Gasteiger partial charge >= 0.3 is 10.2 Å². The number of nitrogens with zero attached hydrogens (tertiary/aromatic N) is 2. The molecule has 0 unspecified atom stereocenters. The average Bonchev–Trinajstić information content (AvgIpc) is 2.38. The largest absolute Gasteiger partial charge is 0.376 e. The first-order valence-corrected chi connectivity index (χ1v) is 7.97. The van der Waals surface area contributed by atoms with Gasteiger partial charge in [-0.1, -0.05) is 12.1 Å². The highest BCUT2D eigenvalue weighted by atomic mass is 32.2. The highest BCUT2D eigenvalue weighted by Gasteiger charge is 2.18. The molecule has 0 atom stereocenters. The Morgan fingerprint density at radius 1 is 1.15 bits per heavy atom. The standard InChI is InChI=1S/C13H24N4O2S/c1-14-10-7-11-17(4)20(18,19)15-12-8-5-6-9-13(12)16(2)3/h5-6,8-9,14-15H,7,10-11H2,1-4H3. The first kappa shape index (κ1) is 16.7. The Hall–Kier alpha value is -1.31. The zero-order chi connectivity index (χ0) is 15.2. The van der Waals surface area contributed by atoms with Gasteiger partial charge in [-0.3, -0.25) is 4.72 Å². The van der Waals surface area contributed by atoms with Gasteiger partial charge in [0, 0.05) is 27.7 Å². The Morgan fingerprint density at radius 3 is 2.40 bits per heavy atom. The highest BCUT2D eigenvalue weighted by Crippen LogP contribution is 2.24. The predicted octanol–water partition coefficient (Wildman–Crippen LogP) is 0.951. The van der Waals surface area contributed by atoms with E-state index in [0.29, 0.717) is 12.2 Å². The molecule has 1 aromatic carbocycles. The van der Waals surface area contributed by atoms with Crippen LogP contribution in [0.5, 0.6) is 0 Å². The molecule has 0 aliphatic heterocycles. The van der Waals surface area contributed by atoms with Crippen molar-refractivity contribution in [1.29, 1.82) is 0 Å². The Bertz CT molecular complexity index is 517. The van der Waals surface area contributed by atoms with Crippen molar-refractivity contribution in [3.05, 3.63) is 24.3 Å². The summed E-state index contributed by atoms with van der Waals surface area (Å²) in [5, 5.41) is 3.00. The van der Waals surface area contributed by atoms with Gasteiger partial charge in [-0.2, -0.15) is 12.7 Å². The molecule has 114 valence electrons. The van der Waals surface area contributed by atoms with Crippen molar-refractivity contribution in [2.45, 2.75) is 6.42 Å². The van der Waals surface area contributed by atoms with Gasteiger partial charge in [-0.15, -0.1) is 0 Å². The van der Waals surface area contributed by atoms with Crippen molar-refractivity contribution >= 4 is 21.6 Å². The van der Waals surface area contributed by atoms with Crippen LogP contribution in [-0.4, -0.2) is 54.0 Å². The van der Waals surface area contributed by atoms with Crippen molar-refractivity contribution in [1.82, 2.24) is 9.62 Å². The number of benzene rings is 1. The zero-order valence-electron chi connectivity index (χ0n) is 12.5. The monoisotopic (exact) mass is 300 g/mol. The van der Waals surface area contributed by atoms with Crippen molar-refractivity contribution in [2.24, 2.45) is 0 Å². The van der Waals surface area contributed by atoms with Crippen LogP contribution in [0.2, 0.25) is 0 Å². The first-order chi connectivity index (χ1) is 9.38. The highest BCUT2D eigenvalue weighted by molar-refractivity contribution is 7.90. The van der Waals surface area contributed by atoms with Crippen LogP contribution in [0, 0.1) is 0 Å². The van der Waals surface area contributed by atoms with E-state index in [1.54, 1.807) is 13.1 Å². The van der Waals surface area contributed by atoms with E-state index in [2.05, 4.69) is 10.0 Å². The first-order valence-electron chi connectivity index (χ1n) is 6.53. The molecule has 0 amide bonds. The Morgan fingerprint density at radius 2 is 1.80 bits per heavy atom. The second-order valence-corrected chi connectivity index (χ2v) is 6.57. The number of hydrogen-bond acceptors (Lipinski definition) is 4. The van der Waals surface area contributed by atoms with Crippen LogP contribution in [0.25, 0.3) is 0 Å². The van der Waals surface area contributed by atoms with Gasteiger partial charge in [-0.25, -0.2) is 0 Å². The third kappa shape index (κ3) is 4.66. The molecular weight excluding hydrogens is 276 g/mol. The third-order valence-corrected chi connectivity index (χ3v) is 4.42. The van der Waals surface area contributed by atoms with Crippen LogP contribution in [0.3, 0.4) is 0 Å². The quantitative estimate of drug-likeness (QED) is 0.702. The molecule has 0 saturated carbocycles. The summed E-state index contributed by atoms with van der Waals surface area (Å²) in [6, 6.07) is 7.32. The molecule has 0 aliphatic carbocycles. The molecule has 0 radical (unpaired) electrons. The Balaban J connectivity index is 2.80. The van der Waals surface area contributed by atoms with Crippen LogP contribution < -0.4 is 14.9 Å². The van der Waals surface area contributed by atoms with E-state index in [4.69, 9.17) is 0 Å². The van der Waals surface area contributed by atoms with Crippen LogP contribution in [0.1, 0.15) is 6.42 Å². The lowest BCUT2D eigenvalue weighted by Gasteiger charge is -2.22.